The van der Waals surface area contributed by atoms with Crippen LogP contribution in [0.15, 0.2) is 42.6 Å². The lowest BCUT2D eigenvalue weighted by Gasteiger charge is -2.38. The fraction of sp³-hybridized carbons (Fsp3) is 0.368. The molecule has 0 aliphatic carbocycles. The lowest BCUT2D eigenvalue weighted by molar-refractivity contribution is -0.119. The van der Waals surface area contributed by atoms with Gasteiger partial charge in [0.1, 0.15) is 5.82 Å². The van der Waals surface area contributed by atoms with Crippen LogP contribution in [0.25, 0.3) is 0 Å². The molecule has 0 saturated carbocycles. The SMILES string of the molecule is CC(=O)NCc1cccnc1N1CCN(c2ccccc2C)CC1. The highest BCUT2D eigenvalue weighted by molar-refractivity contribution is 5.73. The monoisotopic (exact) mass is 324 g/mol. The molecule has 2 heterocycles. The number of carbonyl (C=O) groups is 1. The summed E-state index contributed by atoms with van der Waals surface area (Å²) in [6, 6.07) is 12.5. The third kappa shape index (κ3) is 3.67. The summed E-state index contributed by atoms with van der Waals surface area (Å²) in [5.41, 5.74) is 3.70. The lowest BCUT2D eigenvalue weighted by atomic mass is 10.1. The number of hydrogen-bond acceptors (Lipinski definition) is 4. The van der Waals surface area contributed by atoms with Gasteiger partial charge >= 0.3 is 0 Å². The topological polar surface area (TPSA) is 48.5 Å². The molecule has 1 aromatic carbocycles. The number of rotatable bonds is 4. The molecule has 126 valence electrons. The van der Waals surface area contributed by atoms with Gasteiger partial charge in [0.05, 0.1) is 0 Å². The molecule has 1 saturated heterocycles. The average molecular weight is 324 g/mol. The Kier molecular flexibility index (Phi) is 4.99. The van der Waals surface area contributed by atoms with Crippen LogP contribution in [0.2, 0.25) is 0 Å². The summed E-state index contributed by atoms with van der Waals surface area (Å²) in [6.07, 6.45) is 1.82. The Balaban J connectivity index is 1.69. The Bertz CT molecular complexity index is 708. The van der Waals surface area contributed by atoms with E-state index < -0.39 is 0 Å². The molecular weight excluding hydrogens is 300 g/mol. The number of amides is 1. The van der Waals surface area contributed by atoms with E-state index in [2.05, 4.69) is 51.3 Å². The molecule has 1 fully saturated rings. The van der Waals surface area contributed by atoms with Crippen LogP contribution in [0.1, 0.15) is 18.1 Å². The van der Waals surface area contributed by atoms with E-state index in [1.54, 1.807) is 0 Å². The van der Waals surface area contributed by atoms with Crippen LogP contribution in [0.5, 0.6) is 0 Å². The Hall–Kier alpha value is -2.56. The minimum atomic E-state index is -0.0193. The smallest absolute Gasteiger partial charge is 0.217 e. The van der Waals surface area contributed by atoms with Gasteiger partial charge in [-0.3, -0.25) is 4.79 Å². The van der Waals surface area contributed by atoms with Crippen molar-refractivity contribution < 1.29 is 4.79 Å². The van der Waals surface area contributed by atoms with Crippen LogP contribution < -0.4 is 15.1 Å². The number of hydrogen-bond donors (Lipinski definition) is 1. The number of nitrogens with one attached hydrogen (secondary N) is 1. The van der Waals surface area contributed by atoms with Crippen molar-refractivity contribution in [3.8, 4) is 0 Å². The Morgan fingerprint density at radius 1 is 1.08 bits per heavy atom. The van der Waals surface area contributed by atoms with Gasteiger partial charge in [0, 0.05) is 57.1 Å². The third-order valence-corrected chi connectivity index (χ3v) is 4.43. The molecule has 1 aliphatic heterocycles. The van der Waals surface area contributed by atoms with Crippen molar-refractivity contribution in [2.24, 2.45) is 0 Å². The van der Waals surface area contributed by atoms with E-state index in [1.807, 2.05) is 18.3 Å². The normalized spacial score (nSPS) is 14.6. The number of aryl methyl sites for hydroxylation is 1. The number of nitrogens with zero attached hydrogens (tertiary/aromatic N) is 3. The van der Waals surface area contributed by atoms with E-state index in [9.17, 15) is 4.79 Å². The standard InChI is InChI=1S/C19H24N4O/c1-15-6-3-4-8-18(15)22-10-12-23(13-11-22)19-17(7-5-9-20-19)14-21-16(2)24/h3-9H,10-14H2,1-2H3,(H,21,24). The Labute approximate surface area is 143 Å². The highest BCUT2D eigenvalue weighted by Crippen LogP contribution is 2.24. The molecular formula is C19H24N4O. The van der Waals surface area contributed by atoms with Crippen LogP contribution in [0.4, 0.5) is 11.5 Å². The maximum absolute atomic E-state index is 11.2. The first-order valence-electron chi connectivity index (χ1n) is 8.39. The van der Waals surface area contributed by atoms with E-state index in [-0.39, 0.29) is 5.91 Å². The molecule has 1 amide bonds. The van der Waals surface area contributed by atoms with Gasteiger partial charge in [-0.2, -0.15) is 0 Å². The minimum Gasteiger partial charge on any atom is -0.368 e. The van der Waals surface area contributed by atoms with Crippen molar-refractivity contribution in [1.82, 2.24) is 10.3 Å². The number of para-hydroxylation sites is 1. The lowest BCUT2D eigenvalue weighted by Crippen LogP contribution is -2.47. The molecule has 1 aromatic heterocycles. The second-order valence-corrected chi connectivity index (χ2v) is 6.16. The van der Waals surface area contributed by atoms with Crippen LogP contribution in [-0.2, 0) is 11.3 Å². The highest BCUT2D eigenvalue weighted by Gasteiger charge is 2.21. The molecule has 5 heteroatoms. The van der Waals surface area contributed by atoms with Crippen molar-refractivity contribution in [2.45, 2.75) is 20.4 Å². The second kappa shape index (κ2) is 7.34. The molecule has 1 aliphatic rings. The molecule has 0 unspecified atom stereocenters. The first kappa shape index (κ1) is 16.3. The molecule has 24 heavy (non-hydrogen) atoms. The largest absolute Gasteiger partial charge is 0.368 e. The van der Waals surface area contributed by atoms with Gasteiger partial charge in [-0.1, -0.05) is 24.3 Å². The fourth-order valence-electron chi connectivity index (χ4n) is 3.15. The molecule has 0 atom stereocenters. The predicted molar refractivity (Wildman–Crippen MR) is 97.4 cm³/mol. The van der Waals surface area contributed by atoms with Gasteiger partial charge in [-0.05, 0) is 24.6 Å². The summed E-state index contributed by atoms with van der Waals surface area (Å²) in [7, 11) is 0. The van der Waals surface area contributed by atoms with E-state index >= 15 is 0 Å². The van der Waals surface area contributed by atoms with Crippen molar-refractivity contribution in [2.75, 3.05) is 36.0 Å². The Morgan fingerprint density at radius 3 is 2.50 bits per heavy atom. The zero-order chi connectivity index (χ0) is 16.9. The second-order valence-electron chi connectivity index (χ2n) is 6.16. The molecule has 0 radical (unpaired) electrons. The molecule has 0 spiro atoms. The summed E-state index contributed by atoms with van der Waals surface area (Å²) >= 11 is 0. The van der Waals surface area contributed by atoms with E-state index in [1.165, 1.54) is 18.2 Å². The number of carbonyl (C=O) groups excluding carboxylic acids is 1. The minimum absolute atomic E-state index is 0.0193. The predicted octanol–water partition coefficient (Wildman–Crippen LogP) is 2.35. The molecule has 3 rings (SSSR count). The van der Waals surface area contributed by atoms with Crippen molar-refractivity contribution in [1.29, 1.82) is 0 Å². The van der Waals surface area contributed by atoms with Gasteiger partial charge in [0.15, 0.2) is 0 Å². The van der Waals surface area contributed by atoms with E-state index in [0.29, 0.717) is 6.54 Å². The van der Waals surface area contributed by atoms with Crippen molar-refractivity contribution in [3.05, 3.63) is 53.7 Å². The maximum atomic E-state index is 11.2. The number of pyridine rings is 1. The fourth-order valence-corrected chi connectivity index (χ4v) is 3.15. The number of anilines is 2. The maximum Gasteiger partial charge on any atom is 0.217 e. The molecule has 5 nitrogen and oxygen atoms in total. The van der Waals surface area contributed by atoms with Crippen LogP contribution in [-0.4, -0.2) is 37.1 Å². The quantitative estimate of drug-likeness (QED) is 0.938. The molecule has 0 bridgehead atoms. The zero-order valence-electron chi connectivity index (χ0n) is 14.3. The summed E-state index contributed by atoms with van der Waals surface area (Å²) in [4.78, 5) is 20.5. The van der Waals surface area contributed by atoms with Crippen molar-refractivity contribution >= 4 is 17.4 Å². The number of piperazine rings is 1. The third-order valence-electron chi connectivity index (χ3n) is 4.43. The first-order chi connectivity index (χ1) is 11.6. The Morgan fingerprint density at radius 2 is 1.79 bits per heavy atom. The van der Waals surface area contributed by atoms with Gasteiger partial charge in [-0.25, -0.2) is 4.98 Å². The average Bonchev–Trinajstić information content (AvgIpc) is 2.61. The van der Waals surface area contributed by atoms with Gasteiger partial charge in [0.2, 0.25) is 5.91 Å². The summed E-state index contributed by atoms with van der Waals surface area (Å²) in [5.74, 6) is 0.963. The van der Waals surface area contributed by atoms with Gasteiger partial charge in [-0.15, -0.1) is 0 Å². The van der Waals surface area contributed by atoms with E-state index in [0.717, 1.165) is 37.6 Å². The first-order valence-corrected chi connectivity index (χ1v) is 8.39. The highest BCUT2D eigenvalue weighted by atomic mass is 16.1. The van der Waals surface area contributed by atoms with Gasteiger partial charge in [0.25, 0.3) is 0 Å². The van der Waals surface area contributed by atoms with Crippen LogP contribution >= 0.6 is 0 Å². The van der Waals surface area contributed by atoms with Crippen molar-refractivity contribution in [3.63, 3.8) is 0 Å². The summed E-state index contributed by atoms with van der Waals surface area (Å²) in [5, 5.41) is 2.87. The van der Waals surface area contributed by atoms with Gasteiger partial charge < -0.3 is 15.1 Å². The number of benzene rings is 1. The van der Waals surface area contributed by atoms with Crippen LogP contribution in [0.3, 0.4) is 0 Å². The summed E-state index contributed by atoms with van der Waals surface area (Å²) in [6.45, 7) is 8.03. The molecule has 1 N–H and O–H groups in total. The number of aromatic nitrogens is 1. The van der Waals surface area contributed by atoms with Crippen LogP contribution in [0, 0.1) is 6.92 Å². The zero-order valence-corrected chi connectivity index (χ0v) is 14.3. The molecule has 2 aromatic rings. The summed E-state index contributed by atoms with van der Waals surface area (Å²) < 4.78 is 0. The van der Waals surface area contributed by atoms with E-state index in [4.69, 9.17) is 0 Å².